The number of nitrogens with one attached hydrogen (secondary N) is 1. The predicted octanol–water partition coefficient (Wildman–Crippen LogP) is 2.49. The SMILES string of the molecule is CC(C)c1nnc(C(=O)N2CCc3[nH]cnc3C2c2cc3cccc(F)n3n2)o1. The summed E-state index contributed by atoms with van der Waals surface area (Å²) in [6.07, 6.45) is 2.19. The minimum atomic E-state index is -0.591. The van der Waals surface area contributed by atoms with Crippen LogP contribution in [0.4, 0.5) is 4.39 Å². The summed E-state index contributed by atoms with van der Waals surface area (Å²) in [5, 5.41) is 12.3. The third kappa shape index (κ3) is 2.79. The number of rotatable bonds is 3. The molecule has 5 rings (SSSR count). The molecule has 0 radical (unpaired) electrons. The van der Waals surface area contributed by atoms with Gasteiger partial charge in [0.25, 0.3) is 0 Å². The van der Waals surface area contributed by atoms with Crippen molar-refractivity contribution >= 4 is 11.4 Å². The summed E-state index contributed by atoms with van der Waals surface area (Å²) in [5.41, 5.74) is 2.71. The molecule has 10 heteroatoms. The monoisotopic (exact) mass is 395 g/mol. The number of fused-ring (bicyclic) bond motifs is 2. The van der Waals surface area contributed by atoms with Crippen LogP contribution in [-0.2, 0) is 6.42 Å². The summed E-state index contributed by atoms with van der Waals surface area (Å²) in [6.45, 7) is 4.23. The van der Waals surface area contributed by atoms with Crippen molar-refractivity contribution in [1.29, 1.82) is 0 Å². The number of pyridine rings is 1. The Bertz CT molecular complexity index is 1210. The third-order valence-corrected chi connectivity index (χ3v) is 5.04. The Labute approximate surface area is 164 Å². The minimum Gasteiger partial charge on any atom is -0.417 e. The van der Waals surface area contributed by atoms with Gasteiger partial charge in [-0.3, -0.25) is 4.79 Å². The highest BCUT2D eigenvalue weighted by Crippen LogP contribution is 2.34. The molecule has 0 saturated carbocycles. The lowest BCUT2D eigenvalue weighted by molar-refractivity contribution is 0.0643. The molecule has 0 spiro atoms. The van der Waals surface area contributed by atoms with E-state index < -0.39 is 17.9 Å². The fraction of sp³-hybridized carbons (Fsp3) is 0.316. The number of hydrogen-bond acceptors (Lipinski definition) is 6. The van der Waals surface area contributed by atoms with Crippen molar-refractivity contribution in [2.24, 2.45) is 0 Å². The number of carbonyl (C=O) groups is 1. The van der Waals surface area contributed by atoms with Crippen LogP contribution >= 0.6 is 0 Å². The molecule has 0 fully saturated rings. The van der Waals surface area contributed by atoms with Crippen molar-refractivity contribution in [3.8, 4) is 0 Å². The number of nitrogens with zero attached hydrogens (tertiary/aromatic N) is 6. The molecule has 1 amide bonds. The van der Waals surface area contributed by atoms with Crippen LogP contribution in [0.5, 0.6) is 0 Å². The van der Waals surface area contributed by atoms with E-state index in [1.807, 2.05) is 13.8 Å². The van der Waals surface area contributed by atoms with Crippen LogP contribution in [0.3, 0.4) is 0 Å². The Kier molecular flexibility index (Phi) is 3.93. The number of aromatic nitrogens is 6. The summed E-state index contributed by atoms with van der Waals surface area (Å²) in [5.74, 6) is -0.547. The summed E-state index contributed by atoms with van der Waals surface area (Å²) in [6, 6.07) is 5.87. The van der Waals surface area contributed by atoms with E-state index in [-0.39, 0.29) is 11.8 Å². The Morgan fingerprint density at radius 2 is 2.21 bits per heavy atom. The van der Waals surface area contributed by atoms with Gasteiger partial charge in [-0.15, -0.1) is 10.2 Å². The van der Waals surface area contributed by atoms with Gasteiger partial charge < -0.3 is 14.3 Å². The first-order valence-corrected chi connectivity index (χ1v) is 9.33. The first-order valence-electron chi connectivity index (χ1n) is 9.33. The maximum absolute atomic E-state index is 14.2. The average Bonchev–Trinajstić information content (AvgIpc) is 3.44. The maximum atomic E-state index is 14.2. The molecule has 4 aromatic rings. The van der Waals surface area contributed by atoms with Gasteiger partial charge in [0.15, 0.2) is 0 Å². The fourth-order valence-corrected chi connectivity index (χ4v) is 3.61. The van der Waals surface area contributed by atoms with E-state index in [1.54, 1.807) is 29.4 Å². The molecule has 29 heavy (non-hydrogen) atoms. The molecule has 1 atom stereocenters. The molecule has 4 aromatic heterocycles. The van der Waals surface area contributed by atoms with Crippen molar-refractivity contribution in [1.82, 2.24) is 34.7 Å². The number of aromatic amines is 1. The van der Waals surface area contributed by atoms with Gasteiger partial charge in [0.2, 0.25) is 11.8 Å². The molecular weight excluding hydrogens is 377 g/mol. The van der Waals surface area contributed by atoms with Crippen LogP contribution in [0, 0.1) is 5.95 Å². The zero-order chi connectivity index (χ0) is 20.1. The van der Waals surface area contributed by atoms with E-state index in [2.05, 4.69) is 25.3 Å². The van der Waals surface area contributed by atoms with Gasteiger partial charge in [0.05, 0.1) is 23.2 Å². The molecule has 5 heterocycles. The quantitative estimate of drug-likeness (QED) is 0.535. The number of imidazole rings is 1. The normalized spacial score (nSPS) is 16.6. The zero-order valence-electron chi connectivity index (χ0n) is 15.8. The summed E-state index contributed by atoms with van der Waals surface area (Å²) >= 11 is 0. The molecule has 0 aromatic carbocycles. The number of halogens is 1. The molecule has 0 saturated heterocycles. The fourth-order valence-electron chi connectivity index (χ4n) is 3.61. The van der Waals surface area contributed by atoms with Gasteiger partial charge in [0.1, 0.15) is 6.04 Å². The highest BCUT2D eigenvalue weighted by Gasteiger charge is 2.38. The van der Waals surface area contributed by atoms with Crippen LogP contribution in [0.25, 0.3) is 5.52 Å². The van der Waals surface area contributed by atoms with Crippen LogP contribution in [0.2, 0.25) is 0 Å². The van der Waals surface area contributed by atoms with E-state index in [9.17, 15) is 9.18 Å². The van der Waals surface area contributed by atoms with Gasteiger partial charge in [-0.25, -0.2) is 9.50 Å². The highest BCUT2D eigenvalue weighted by molar-refractivity contribution is 5.90. The molecule has 1 aliphatic heterocycles. The number of H-pyrrole nitrogens is 1. The third-order valence-electron chi connectivity index (χ3n) is 5.04. The Balaban J connectivity index is 1.60. The standard InChI is InChI=1S/C19H18FN7O2/c1-10(2)17-23-24-18(29-17)19(28)26-7-6-12-15(22-9-21-12)16(26)13-8-11-4-3-5-14(20)27(11)25-13/h3-5,8-10,16H,6-7H2,1-2H3,(H,21,22). The van der Waals surface area contributed by atoms with Crippen LogP contribution in [0.15, 0.2) is 35.0 Å². The van der Waals surface area contributed by atoms with Crippen molar-refractivity contribution in [3.05, 3.63) is 65.4 Å². The molecular formula is C19H18FN7O2. The van der Waals surface area contributed by atoms with E-state index in [0.29, 0.717) is 35.8 Å². The van der Waals surface area contributed by atoms with E-state index in [1.165, 1.54) is 10.6 Å². The molecule has 1 unspecified atom stereocenters. The van der Waals surface area contributed by atoms with E-state index in [4.69, 9.17) is 4.42 Å². The van der Waals surface area contributed by atoms with Gasteiger partial charge in [-0.2, -0.15) is 9.49 Å². The van der Waals surface area contributed by atoms with Gasteiger partial charge in [-0.05, 0) is 18.2 Å². The highest BCUT2D eigenvalue weighted by atomic mass is 19.1. The molecule has 0 aliphatic carbocycles. The second-order valence-corrected chi connectivity index (χ2v) is 7.27. The van der Waals surface area contributed by atoms with Gasteiger partial charge in [0, 0.05) is 24.6 Å². The van der Waals surface area contributed by atoms with Gasteiger partial charge in [-0.1, -0.05) is 19.9 Å². The smallest absolute Gasteiger partial charge is 0.312 e. The van der Waals surface area contributed by atoms with Crippen molar-refractivity contribution < 1.29 is 13.6 Å². The number of carbonyl (C=O) groups excluding carboxylic acids is 1. The Morgan fingerprint density at radius 1 is 1.34 bits per heavy atom. The van der Waals surface area contributed by atoms with Crippen LogP contribution in [0.1, 0.15) is 59.5 Å². The lowest BCUT2D eigenvalue weighted by Gasteiger charge is -2.32. The Hall–Kier alpha value is -3.56. The predicted molar refractivity (Wildman–Crippen MR) is 98.7 cm³/mol. The molecule has 1 aliphatic rings. The van der Waals surface area contributed by atoms with Crippen molar-refractivity contribution in [2.75, 3.05) is 6.54 Å². The van der Waals surface area contributed by atoms with E-state index in [0.717, 1.165) is 5.69 Å². The van der Waals surface area contributed by atoms with E-state index >= 15 is 0 Å². The first-order chi connectivity index (χ1) is 14.0. The number of hydrogen-bond donors (Lipinski definition) is 1. The minimum absolute atomic E-state index is 0.0144. The lowest BCUT2D eigenvalue weighted by Crippen LogP contribution is -2.41. The van der Waals surface area contributed by atoms with Crippen LogP contribution in [-0.4, -0.2) is 47.1 Å². The average molecular weight is 395 g/mol. The second kappa shape index (κ2) is 6.50. The summed E-state index contributed by atoms with van der Waals surface area (Å²) in [4.78, 5) is 22.3. The number of amides is 1. The lowest BCUT2D eigenvalue weighted by atomic mass is 9.99. The first kappa shape index (κ1) is 17.5. The van der Waals surface area contributed by atoms with Crippen molar-refractivity contribution in [3.63, 3.8) is 0 Å². The summed E-state index contributed by atoms with van der Waals surface area (Å²) in [7, 11) is 0. The largest absolute Gasteiger partial charge is 0.417 e. The summed E-state index contributed by atoms with van der Waals surface area (Å²) < 4.78 is 20.9. The molecule has 9 nitrogen and oxygen atoms in total. The molecule has 1 N–H and O–H groups in total. The Morgan fingerprint density at radius 3 is 2.97 bits per heavy atom. The van der Waals surface area contributed by atoms with Crippen LogP contribution < -0.4 is 0 Å². The zero-order valence-corrected chi connectivity index (χ0v) is 15.8. The topological polar surface area (TPSA) is 105 Å². The second-order valence-electron chi connectivity index (χ2n) is 7.27. The maximum Gasteiger partial charge on any atom is 0.312 e. The van der Waals surface area contributed by atoms with Gasteiger partial charge >= 0.3 is 11.8 Å². The van der Waals surface area contributed by atoms with Crippen molar-refractivity contribution in [2.45, 2.75) is 32.2 Å². The molecule has 148 valence electrons. The molecule has 0 bridgehead atoms.